The first-order valence-electron chi connectivity index (χ1n) is 7.64. The molecule has 0 aliphatic rings. The summed E-state index contributed by atoms with van der Waals surface area (Å²) in [7, 11) is 1.71. The molecule has 0 saturated heterocycles. The summed E-state index contributed by atoms with van der Waals surface area (Å²) in [6.07, 6.45) is 0. The van der Waals surface area contributed by atoms with Crippen LogP contribution in [0.1, 0.15) is 12.5 Å². The lowest BCUT2D eigenvalue weighted by molar-refractivity contribution is -0.128. The highest BCUT2D eigenvalue weighted by atomic mass is 35.5. The summed E-state index contributed by atoms with van der Waals surface area (Å²) in [5, 5.41) is 3.59. The van der Waals surface area contributed by atoms with E-state index >= 15 is 0 Å². The molecular weight excluding hydrogens is 399 g/mol. The maximum atomic E-state index is 12.1. The highest BCUT2D eigenvalue weighted by Crippen LogP contribution is 2.33. The third-order valence-corrected chi connectivity index (χ3v) is 4.52. The van der Waals surface area contributed by atoms with Gasteiger partial charge in [0.1, 0.15) is 5.75 Å². The van der Waals surface area contributed by atoms with Crippen LogP contribution in [0.2, 0.25) is 15.1 Å². The second kappa shape index (κ2) is 9.12. The summed E-state index contributed by atoms with van der Waals surface area (Å²) >= 11 is 17.8. The van der Waals surface area contributed by atoms with Gasteiger partial charge in [-0.1, -0.05) is 46.9 Å². The second-order valence-corrected chi connectivity index (χ2v) is 6.83. The molecule has 0 aromatic heterocycles. The van der Waals surface area contributed by atoms with Crippen molar-refractivity contribution in [3.63, 3.8) is 0 Å². The lowest BCUT2D eigenvalue weighted by Gasteiger charge is -2.15. The molecular formula is C18H17Cl3N2O3. The fourth-order valence-electron chi connectivity index (χ4n) is 2.09. The van der Waals surface area contributed by atoms with Crippen LogP contribution in [0.5, 0.6) is 5.75 Å². The van der Waals surface area contributed by atoms with Crippen LogP contribution in [0.3, 0.4) is 0 Å². The first kappa shape index (κ1) is 20.4. The molecule has 0 atom stereocenters. The van der Waals surface area contributed by atoms with Crippen molar-refractivity contribution in [2.24, 2.45) is 0 Å². The Morgan fingerprint density at radius 2 is 1.77 bits per heavy atom. The maximum absolute atomic E-state index is 12.1. The molecule has 0 radical (unpaired) electrons. The highest BCUT2D eigenvalue weighted by Gasteiger charge is 2.10. The summed E-state index contributed by atoms with van der Waals surface area (Å²) in [6, 6.07) is 10.1. The standard InChI is InChI=1S/C18H17Cl3N2O3/c1-11(24)23(2)9-12-4-3-5-13(6-12)22-18(25)10-26-17-8-15(20)14(19)7-16(17)21/h3-8H,9-10H2,1-2H3,(H,22,25). The molecule has 0 aliphatic heterocycles. The van der Waals surface area contributed by atoms with Crippen LogP contribution in [-0.2, 0) is 16.1 Å². The summed E-state index contributed by atoms with van der Waals surface area (Å²) in [6.45, 7) is 1.71. The van der Waals surface area contributed by atoms with Gasteiger partial charge < -0.3 is 15.0 Å². The number of hydrogen-bond acceptors (Lipinski definition) is 3. The summed E-state index contributed by atoms with van der Waals surface area (Å²) in [4.78, 5) is 25.0. The first-order chi connectivity index (χ1) is 12.3. The number of carbonyl (C=O) groups is 2. The van der Waals surface area contributed by atoms with Gasteiger partial charge in [-0.05, 0) is 23.8 Å². The predicted molar refractivity (Wildman–Crippen MR) is 104 cm³/mol. The van der Waals surface area contributed by atoms with Gasteiger partial charge in [0.2, 0.25) is 5.91 Å². The molecule has 2 aromatic rings. The van der Waals surface area contributed by atoms with Crippen molar-refractivity contribution in [3.8, 4) is 5.75 Å². The van der Waals surface area contributed by atoms with Gasteiger partial charge in [-0.3, -0.25) is 9.59 Å². The van der Waals surface area contributed by atoms with Crippen molar-refractivity contribution >= 4 is 52.3 Å². The van der Waals surface area contributed by atoms with Gasteiger partial charge in [0.25, 0.3) is 5.91 Å². The Bertz CT molecular complexity index is 827. The minimum atomic E-state index is -0.357. The van der Waals surface area contributed by atoms with E-state index in [-0.39, 0.29) is 34.2 Å². The fourth-order valence-corrected chi connectivity index (χ4v) is 2.68. The zero-order chi connectivity index (χ0) is 19.3. The van der Waals surface area contributed by atoms with Crippen molar-refractivity contribution in [1.82, 2.24) is 4.90 Å². The molecule has 0 spiro atoms. The largest absolute Gasteiger partial charge is 0.482 e. The van der Waals surface area contributed by atoms with Crippen LogP contribution < -0.4 is 10.1 Å². The number of nitrogens with one attached hydrogen (secondary N) is 1. The number of rotatable bonds is 6. The third-order valence-electron chi connectivity index (χ3n) is 3.50. The van der Waals surface area contributed by atoms with Gasteiger partial charge in [0.15, 0.2) is 6.61 Å². The molecule has 138 valence electrons. The molecule has 1 N–H and O–H groups in total. The van der Waals surface area contributed by atoms with E-state index in [4.69, 9.17) is 39.5 Å². The monoisotopic (exact) mass is 414 g/mol. The lowest BCUT2D eigenvalue weighted by Crippen LogP contribution is -2.23. The minimum Gasteiger partial charge on any atom is -0.482 e. The molecule has 0 unspecified atom stereocenters. The van der Waals surface area contributed by atoms with Gasteiger partial charge in [-0.25, -0.2) is 0 Å². The van der Waals surface area contributed by atoms with Crippen LogP contribution in [0, 0.1) is 0 Å². The smallest absolute Gasteiger partial charge is 0.262 e. The SMILES string of the molecule is CC(=O)N(C)Cc1cccc(NC(=O)COc2cc(Cl)c(Cl)cc2Cl)c1. The van der Waals surface area contributed by atoms with E-state index in [1.54, 1.807) is 30.1 Å². The summed E-state index contributed by atoms with van der Waals surface area (Å²) < 4.78 is 5.39. The fraction of sp³-hybridized carbons (Fsp3) is 0.222. The number of ether oxygens (including phenoxy) is 1. The molecule has 5 nitrogen and oxygen atoms in total. The Hall–Kier alpha value is -1.95. The quantitative estimate of drug-likeness (QED) is 0.699. The normalized spacial score (nSPS) is 10.3. The molecule has 2 aromatic carbocycles. The lowest BCUT2D eigenvalue weighted by atomic mass is 10.2. The Morgan fingerprint density at radius 1 is 1.08 bits per heavy atom. The van der Waals surface area contributed by atoms with E-state index in [1.807, 2.05) is 6.07 Å². The summed E-state index contributed by atoms with van der Waals surface area (Å²) in [5.74, 6) is -0.122. The number of nitrogens with zero attached hydrogens (tertiary/aromatic N) is 1. The van der Waals surface area contributed by atoms with Gasteiger partial charge in [-0.2, -0.15) is 0 Å². The number of carbonyl (C=O) groups excluding carboxylic acids is 2. The number of amides is 2. The minimum absolute atomic E-state index is 0.0358. The Kier molecular flexibility index (Phi) is 7.14. The zero-order valence-electron chi connectivity index (χ0n) is 14.2. The summed E-state index contributed by atoms with van der Waals surface area (Å²) in [5.41, 5.74) is 1.50. The van der Waals surface area contributed by atoms with Crippen molar-refractivity contribution < 1.29 is 14.3 Å². The van der Waals surface area contributed by atoms with Crippen LogP contribution >= 0.6 is 34.8 Å². The number of benzene rings is 2. The van der Waals surface area contributed by atoms with E-state index in [1.165, 1.54) is 19.1 Å². The van der Waals surface area contributed by atoms with Crippen molar-refractivity contribution in [2.75, 3.05) is 19.0 Å². The average molecular weight is 416 g/mol. The highest BCUT2D eigenvalue weighted by molar-refractivity contribution is 6.43. The van der Waals surface area contributed by atoms with Crippen LogP contribution in [0.25, 0.3) is 0 Å². The van der Waals surface area contributed by atoms with Crippen molar-refractivity contribution in [1.29, 1.82) is 0 Å². The van der Waals surface area contributed by atoms with E-state index < -0.39 is 0 Å². The number of halogens is 3. The van der Waals surface area contributed by atoms with Crippen molar-refractivity contribution in [2.45, 2.75) is 13.5 Å². The Labute approximate surface area is 166 Å². The zero-order valence-corrected chi connectivity index (χ0v) is 16.5. The molecule has 26 heavy (non-hydrogen) atoms. The first-order valence-corrected chi connectivity index (χ1v) is 8.77. The van der Waals surface area contributed by atoms with Gasteiger partial charge in [0.05, 0.1) is 15.1 Å². The molecule has 0 aliphatic carbocycles. The predicted octanol–water partition coefficient (Wildman–Crippen LogP) is 4.64. The van der Waals surface area contributed by atoms with Gasteiger partial charge in [0, 0.05) is 32.3 Å². The number of anilines is 1. The molecule has 0 bridgehead atoms. The van der Waals surface area contributed by atoms with Crippen LogP contribution in [0.4, 0.5) is 5.69 Å². The van der Waals surface area contributed by atoms with E-state index in [9.17, 15) is 9.59 Å². The third kappa shape index (κ3) is 5.80. The van der Waals surface area contributed by atoms with E-state index in [0.717, 1.165) is 5.56 Å². The molecule has 8 heteroatoms. The Balaban J connectivity index is 1.96. The van der Waals surface area contributed by atoms with E-state index in [0.29, 0.717) is 17.3 Å². The Morgan fingerprint density at radius 3 is 2.46 bits per heavy atom. The molecule has 2 amide bonds. The van der Waals surface area contributed by atoms with Crippen LogP contribution in [-0.4, -0.2) is 30.4 Å². The van der Waals surface area contributed by atoms with Gasteiger partial charge in [-0.15, -0.1) is 0 Å². The average Bonchev–Trinajstić information content (AvgIpc) is 2.57. The van der Waals surface area contributed by atoms with Crippen molar-refractivity contribution in [3.05, 3.63) is 57.0 Å². The van der Waals surface area contributed by atoms with E-state index in [2.05, 4.69) is 5.32 Å². The number of hydrogen-bond donors (Lipinski definition) is 1. The van der Waals surface area contributed by atoms with Crippen LogP contribution in [0.15, 0.2) is 36.4 Å². The molecule has 2 rings (SSSR count). The topological polar surface area (TPSA) is 58.6 Å². The second-order valence-electron chi connectivity index (χ2n) is 5.61. The maximum Gasteiger partial charge on any atom is 0.262 e. The molecule has 0 heterocycles. The van der Waals surface area contributed by atoms with Gasteiger partial charge >= 0.3 is 0 Å². The molecule has 0 saturated carbocycles. The molecule has 0 fully saturated rings.